The number of carbonyl (C=O) groups excluding carboxylic acids is 1. The fraction of sp³-hybridized carbons (Fsp3) is 0.304. The lowest BCUT2D eigenvalue weighted by Crippen LogP contribution is -2.30. The SMILES string of the molecule is O=C(CSc1nnc(CN2CCCCC2)n1-c1ccc(Cl)cc1)Nc1ccc2[nH]c(=O)[nH]c2c1. The number of piperidine rings is 1. The van der Waals surface area contributed by atoms with Crippen LogP contribution >= 0.6 is 23.4 Å². The molecule has 1 fully saturated rings. The van der Waals surface area contributed by atoms with Crippen molar-refractivity contribution < 1.29 is 4.79 Å². The Balaban J connectivity index is 1.32. The molecule has 5 rings (SSSR count). The van der Waals surface area contributed by atoms with Crippen molar-refractivity contribution in [3.05, 3.63) is 63.8 Å². The van der Waals surface area contributed by atoms with Crippen molar-refractivity contribution >= 4 is 46.0 Å². The minimum absolute atomic E-state index is 0.164. The molecule has 1 amide bonds. The molecule has 176 valence electrons. The van der Waals surface area contributed by atoms with E-state index in [4.69, 9.17) is 11.6 Å². The molecule has 0 atom stereocenters. The molecule has 0 radical (unpaired) electrons. The van der Waals surface area contributed by atoms with E-state index in [9.17, 15) is 9.59 Å². The van der Waals surface area contributed by atoms with Crippen LogP contribution in [0, 0.1) is 0 Å². The maximum absolute atomic E-state index is 12.6. The summed E-state index contributed by atoms with van der Waals surface area (Å²) in [6, 6.07) is 12.8. The number of anilines is 1. The molecule has 4 aromatic rings. The monoisotopic (exact) mass is 497 g/mol. The largest absolute Gasteiger partial charge is 0.325 e. The number of thioether (sulfide) groups is 1. The molecule has 0 bridgehead atoms. The van der Waals surface area contributed by atoms with E-state index in [0.29, 0.717) is 33.4 Å². The second-order valence-electron chi connectivity index (χ2n) is 8.22. The number of carbonyl (C=O) groups is 1. The van der Waals surface area contributed by atoms with Crippen LogP contribution in [0.25, 0.3) is 16.7 Å². The zero-order valence-corrected chi connectivity index (χ0v) is 20.0. The molecule has 3 N–H and O–H groups in total. The van der Waals surface area contributed by atoms with Crippen LogP contribution in [0.1, 0.15) is 25.1 Å². The predicted octanol–water partition coefficient (Wildman–Crippen LogP) is 3.81. The number of aromatic amines is 2. The van der Waals surface area contributed by atoms with Gasteiger partial charge in [0.25, 0.3) is 0 Å². The summed E-state index contributed by atoms with van der Waals surface area (Å²) < 4.78 is 2.00. The zero-order valence-electron chi connectivity index (χ0n) is 18.4. The Hall–Kier alpha value is -3.08. The highest BCUT2D eigenvalue weighted by Gasteiger charge is 2.19. The number of H-pyrrole nitrogens is 2. The van der Waals surface area contributed by atoms with Gasteiger partial charge in [0.15, 0.2) is 11.0 Å². The smallest absolute Gasteiger partial charge is 0.323 e. The first-order chi connectivity index (χ1) is 16.5. The van der Waals surface area contributed by atoms with Gasteiger partial charge in [-0.3, -0.25) is 14.3 Å². The second kappa shape index (κ2) is 10.0. The predicted molar refractivity (Wildman–Crippen MR) is 134 cm³/mol. The maximum atomic E-state index is 12.6. The Morgan fingerprint density at radius 1 is 1.03 bits per heavy atom. The quantitative estimate of drug-likeness (QED) is 0.335. The van der Waals surface area contributed by atoms with E-state index < -0.39 is 0 Å². The van der Waals surface area contributed by atoms with E-state index >= 15 is 0 Å². The van der Waals surface area contributed by atoms with Gasteiger partial charge in [-0.15, -0.1) is 10.2 Å². The van der Waals surface area contributed by atoms with Crippen LogP contribution in [0.15, 0.2) is 52.4 Å². The lowest BCUT2D eigenvalue weighted by Gasteiger charge is -2.26. The van der Waals surface area contributed by atoms with Crippen LogP contribution in [0.3, 0.4) is 0 Å². The second-order valence-corrected chi connectivity index (χ2v) is 9.60. The molecule has 34 heavy (non-hydrogen) atoms. The average Bonchev–Trinajstić information content (AvgIpc) is 3.40. The summed E-state index contributed by atoms with van der Waals surface area (Å²) >= 11 is 7.42. The van der Waals surface area contributed by atoms with E-state index in [1.165, 1.54) is 31.0 Å². The Morgan fingerprint density at radius 3 is 2.59 bits per heavy atom. The molecule has 2 aromatic heterocycles. The summed E-state index contributed by atoms with van der Waals surface area (Å²) in [5, 5.41) is 13.0. The Kier molecular flexibility index (Phi) is 6.70. The number of amides is 1. The first-order valence-electron chi connectivity index (χ1n) is 11.1. The van der Waals surface area contributed by atoms with Crippen molar-refractivity contribution in [3.8, 4) is 5.69 Å². The first kappa shape index (κ1) is 22.7. The molecule has 9 nitrogen and oxygen atoms in total. The summed E-state index contributed by atoms with van der Waals surface area (Å²) in [6.07, 6.45) is 3.66. The maximum Gasteiger partial charge on any atom is 0.323 e. The van der Waals surface area contributed by atoms with Crippen molar-refractivity contribution in [2.45, 2.75) is 31.0 Å². The van der Waals surface area contributed by atoms with E-state index in [-0.39, 0.29) is 17.3 Å². The third-order valence-corrected chi connectivity index (χ3v) is 6.91. The minimum Gasteiger partial charge on any atom is -0.325 e. The fourth-order valence-electron chi connectivity index (χ4n) is 4.10. The van der Waals surface area contributed by atoms with Gasteiger partial charge in [-0.25, -0.2) is 4.79 Å². The summed E-state index contributed by atoms with van der Waals surface area (Å²) in [6.45, 7) is 2.81. The van der Waals surface area contributed by atoms with Crippen LogP contribution < -0.4 is 11.0 Å². The third-order valence-electron chi connectivity index (χ3n) is 5.73. The molecule has 3 heterocycles. The molecule has 1 aliphatic rings. The number of aromatic nitrogens is 5. The highest BCUT2D eigenvalue weighted by Crippen LogP contribution is 2.25. The number of nitrogens with one attached hydrogen (secondary N) is 3. The van der Waals surface area contributed by atoms with Crippen LogP contribution in [-0.2, 0) is 11.3 Å². The van der Waals surface area contributed by atoms with Crippen LogP contribution in [-0.4, -0.2) is 54.4 Å². The molecule has 1 aliphatic heterocycles. The third kappa shape index (κ3) is 5.19. The molecule has 0 aliphatic carbocycles. The van der Waals surface area contributed by atoms with Crippen molar-refractivity contribution in [2.24, 2.45) is 0 Å². The molecule has 0 unspecified atom stereocenters. The number of benzene rings is 2. The van der Waals surface area contributed by atoms with Crippen LogP contribution in [0.5, 0.6) is 0 Å². The highest BCUT2D eigenvalue weighted by molar-refractivity contribution is 7.99. The van der Waals surface area contributed by atoms with Crippen molar-refractivity contribution in [1.29, 1.82) is 0 Å². The molecular formula is C23H24ClN7O2S. The molecule has 1 saturated heterocycles. The number of hydrogen-bond donors (Lipinski definition) is 3. The number of likely N-dealkylation sites (tertiary alicyclic amines) is 1. The van der Waals surface area contributed by atoms with E-state index in [1.807, 2.05) is 28.8 Å². The first-order valence-corrected chi connectivity index (χ1v) is 12.5. The number of halogens is 1. The molecule has 0 saturated carbocycles. The Labute approximate surface area is 204 Å². The fourth-order valence-corrected chi connectivity index (χ4v) is 5.00. The number of fused-ring (bicyclic) bond motifs is 1. The van der Waals surface area contributed by atoms with Gasteiger partial charge in [0.2, 0.25) is 5.91 Å². The van der Waals surface area contributed by atoms with Crippen molar-refractivity contribution in [2.75, 3.05) is 24.2 Å². The van der Waals surface area contributed by atoms with Gasteiger partial charge in [-0.2, -0.15) is 0 Å². The topological polar surface area (TPSA) is 112 Å². The van der Waals surface area contributed by atoms with Gasteiger partial charge in [0, 0.05) is 16.4 Å². The van der Waals surface area contributed by atoms with Crippen LogP contribution in [0.2, 0.25) is 5.02 Å². The average molecular weight is 498 g/mol. The van der Waals surface area contributed by atoms with E-state index in [2.05, 4.69) is 30.4 Å². The van der Waals surface area contributed by atoms with E-state index in [1.54, 1.807) is 18.2 Å². The standard InChI is InChI=1S/C23H24ClN7O2S/c24-15-4-7-17(8-5-15)31-20(13-30-10-2-1-3-11-30)28-29-23(31)34-14-21(32)25-16-6-9-18-19(12-16)27-22(33)26-18/h4-9,12H,1-3,10-11,13-14H2,(H,25,32)(H2,26,27,33). The Morgan fingerprint density at radius 2 is 1.79 bits per heavy atom. The van der Waals surface area contributed by atoms with Gasteiger partial charge in [-0.05, 0) is 68.4 Å². The summed E-state index contributed by atoms with van der Waals surface area (Å²) in [4.78, 5) is 31.9. The number of rotatable bonds is 7. The van der Waals surface area contributed by atoms with Crippen molar-refractivity contribution in [3.63, 3.8) is 0 Å². The minimum atomic E-state index is -0.282. The lowest BCUT2D eigenvalue weighted by atomic mass is 10.1. The Bertz CT molecular complexity index is 1360. The highest BCUT2D eigenvalue weighted by atomic mass is 35.5. The van der Waals surface area contributed by atoms with E-state index in [0.717, 1.165) is 24.6 Å². The number of nitrogens with zero attached hydrogens (tertiary/aromatic N) is 4. The summed E-state index contributed by atoms with van der Waals surface area (Å²) in [7, 11) is 0. The number of imidazole rings is 1. The van der Waals surface area contributed by atoms with Gasteiger partial charge < -0.3 is 15.3 Å². The molecular weight excluding hydrogens is 474 g/mol. The van der Waals surface area contributed by atoms with Crippen molar-refractivity contribution in [1.82, 2.24) is 29.6 Å². The normalized spacial score (nSPS) is 14.5. The summed E-state index contributed by atoms with van der Waals surface area (Å²) in [5.74, 6) is 0.830. The van der Waals surface area contributed by atoms with Crippen LogP contribution in [0.4, 0.5) is 5.69 Å². The summed E-state index contributed by atoms with van der Waals surface area (Å²) in [5.41, 5.74) is 2.57. The zero-order chi connectivity index (χ0) is 23.5. The van der Waals surface area contributed by atoms with Gasteiger partial charge in [0.1, 0.15) is 0 Å². The molecule has 11 heteroatoms. The number of hydrogen-bond acceptors (Lipinski definition) is 6. The molecule has 0 spiro atoms. The molecule has 2 aromatic carbocycles. The van der Waals surface area contributed by atoms with Gasteiger partial charge in [0.05, 0.1) is 23.3 Å². The van der Waals surface area contributed by atoms with Gasteiger partial charge in [-0.1, -0.05) is 29.8 Å². The lowest BCUT2D eigenvalue weighted by molar-refractivity contribution is -0.113. The van der Waals surface area contributed by atoms with Gasteiger partial charge >= 0.3 is 5.69 Å².